The summed E-state index contributed by atoms with van der Waals surface area (Å²) in [4.78, 5) is 23.6. The third-order valence-corrected chi connectivity index (χ3v) is 4.09. The molecule has 29 heavy (non-hydrogen) atoms. The van der Waals surface area contributed by atoms with Gasteiger partial charge < -0.3 is 10.4 Å². The van der Waals surface area contributed by atoms with Gasteiger partial charge in [0, 0.05) is 34.4 Å². The second-order valence-corrected chi connectivity index (χ2v) is 6.62. The van der Waals surface area contributed by atoms with Crippen LogP contribution in [0.3, 0.4) is 0 Å². The van der Waals surface area contributed by atoms with Gasteiger partial charge in [-0.25, -0.2) is 15.0 Å². The molecule has 2 heterocycles. The number of carboxylic acid groups (broad SMARTS) is 1. The van der Waals surface area contributed by atoms with Gasteiger partial charge in [-0.1, -0.05) is 17.7 Å². The summed E-state index contributed by atoms with van der Waals surface area (Å²) in [6.45, 7) is 1.76. The summed E-state index contributed by atoms with van der Waals surface area (Å²) in [5, 5.41) is 16.6. The average Bonchev–Trinajstić information content (AvgIpc) is 2.71. The number of aromatic nitrogens is 3. The normalized spacial score (nSPS) is 11.2. The second-order valence-electron chi connectivity index (χ2n) is 6.18. The number of carboxylic acids is 1. The van der Waals surface area contributed by atoms with Crippen LogP contribution in [0, 0.1) is 0 Å². The van der Waals surface area contributed by atoms with E-state index in [-0.39, 0.29) is 6.42 Å². The lowest BCUT2D eigenvalue weighted by Crippen LogP contribution is -2.03. The zero-order valence-electron chi connectivity index (χ0n) is 15.6. The molecule has 0 amide bonds. The van der Waals surface area contributed by atoms with E-state index in [4.69, 9.17) is 16.7 Å². The minimum absolute atomic E-state index is 0.0355. The molecule has 8 nitrogen and oxygen atoms in total. The van der Waals surface area contributed by atoms with Crippen LogP contribution >= 0.6 is 11.6 Å². The van der Waals surface area contributed by atoms with Crippen molar-refractivity contribution < 1.29 is 9.90 Å². The minimum Gasteiger partial charge on any atom is -0.481 e. The van der Waals surface area contributed by atoms with Crippen LogP contribution in [0.25, 0.3) is 11.3 Å². The third-order valence-electron chi connectivity index (χ3n) is 3.85. The molecule has 0 saturated heterocycles. The van der Waals surface area contributed by atoms with E-state index in [0.29, 0.717) is 34.6 Å². The number of aliphatic carboxylic acids is 1. The summed E-state index contributed by atoms with van der Waals surface area (Å²) >= 11 is 6.01. The molecule has 2 aromatic heterocycles. The van der Waals surface area contributed by atoms with E-state index in [9.17, 15) is 4.79 Å². The fourth-order valence-corrected chi connectivity index (χ4v) is 2.61. The number of rotatable bonds is 8. The predicted molar refractivity (Wildman–Crippen MR) is 114 cm³/mol. The second kappa shape index (κ2) is 9.61. The van der Waals surface area contributed by atoms with Crippen LogP contribution in [-0.4, -0.2) is 31.7 Å². The monoisotopic (exact) mass is 410 g/mol. The summed E-state index contributed by atoms with van der Waals surface area (Å²) < 4.78 is 0. The van der Waals surface area contributed by atoms with Gasteiger partial charge in [-0.15, -0.1) is 0 Å². The first kappa shape index (κ1) is 20.2. The number of hydrogen-bond donors (Lipinski definition) is 3. The van der Waals surface area contributed by atoms with Crippen molar-refractivity contribution in [3.8, 4) is 11.3 Å². The SMILES string of the molecule is C/C(CCC(=O)O)=N\Nc1cc(-c2ccnc(Nc3cccc(Cl)c3)n2)ccn1. The van der Waals surface area contributed by atoms with Crippen molar-refractivity contribution in [1.29, 1.82) is 0 Å². The molecule has 3 aromatic rings. The largest absolute Gasteiger partial charge is 0.481 e. The quantitative estimate of drug-likeness (QED) is 0.367. The van der Waals surface area contributed by atoms with E-state index < -0.39 is 5.97 Å². The molecule has 0 radical (unpaired) electrons. The van der Waals surface area contributed by atoms with E-state index in [1.54, 1.807) is 43.6 Å². The van der Waals surface area contributed by atoms with Crippen molar-refractivity contribution in [2.75, 3.05) is 10.7 Å². The Morgan fingerprint density at radius 3 is 2.76 bits per heavy atom. The first-order valence-electron chi connectivity index (χ1n) is 8.82. The highest BCUT2D eigenvalue weighted by atomic mass is 35.5. The third kappa shape index (κ3) is 6.25. The molecule has 148 valence electrons. The maximum Gasteiger partial charge on any atom is 0.303 e. The molecule has 1 aromatic carbocycles. The minimum atomic E-state index is -0.856. The zero-order valence-corrected chi connectivity index (χ0v) is 16.4. The highest BCUT2D eigenvalue weighted by molar-refractivity contribution is 6.30. The molecule has 0 saturated carbocycles. The van der Waals surface area contributed by atoms with E-state index in [0.717, 1.165) is 11.3 Å². The Kier molecular flexibility index (Phi) is 6.70. The maximum absolute atomic E-state index is 10.6. The van der Waals surface area contributed by atoms with Gasteiger partial charge in [-0.2, -0.15) is 5.10 Å². The molecule has 0 unspecified atom stereocenters. The number of halogens is 1. The first-order valence-corrected chi connectivity index (χ1v) is 9.20. The van der Waals surface area contributed by atoms with Crippen molar-refractivity contribution >= 4 is 40.7 Å². The van der Waals surface area contributed by atoms with Gasteiger partial charge in [0.1, 0.15) is 5.82 Å². The summed E-state index contributed by atoms with van der Waals surface area (Å²) in [6, 6.07) is 12.7. The predicted octanol–water partition coefficient (Wildman–Crippen LogP) is 4.59. The number of anilines is 3. The number of benzene rings is 1. The van der Waals surface area contributed by atoms with Gasteiger partial charge in [0.25, 0.3) is 0 Å². The molecule has 0 spiro atoms. The van der Waals surface area contributed by atoms with Crippen LogP contribution in [0.4, 0.5) is 17.5 Å². The summed E-state index contributed by atoms with van der Waals surface area (Å²) in [5.41, 5.74) is 5.86. The Morgan fingerprint density at radius 1 is 1.14 bits per heavy atom. The topological polar surface area (TPSA) is 112 Å². The molecule has 0 fully saturated rings. The van der Waals surface area contributed by atoms with Crippen LogP contribution < -0.4 is 10.7 Å². The van der Waals surface area contributed by atoms with Crippen LogP contribution in [0.15, 0.2) is 60.0 Å². The zero-order chi connectivity index (χ0) is 20.6. The number of pyridine rings is 1. The molecule has 0 atom stereocenters. The molecule has 0 aliphatic carbocycles. The fraction of sp³-hybridized carbons (Fsp3) is 0.150. The fourth-order valence-electron chi connectivity index (χ4n) is 2.42. The van der Waals surface area contributed by atoms with Gasteiger partial charge in [-0.3, -0.25) is 10.2 Å². The number of nitrogens with one attached hydrogen (secondary N) is 2. The van der Waals surface area contributed by atoms with Crippen LogP contribution in [0.2, 0.25) is 5.02 Å². The van der Waals surface area contributed by atoms with E-state index >= 15 is 0 Å². The van der Waals surface area contributed by atoms with Gasteiger partial charge in [0.2, 0.25) is 5.95 Å². The standard InChI is InChI=1S/C20H19ClN6O2/c1-13(5-6-19(28)29)26-27-18-11-14(7-9-22-18)17-8-10-23-20(25-17)24-16-4-2-3-15(21)12-16/h2-4,7-12H,5-6H2,1H3,(H,22,27)(H,28,29)(H,23,24,25)/b26-13+. The summed E-state index contributed by atoms with van der Waals surface area (Å²) in [6.07, 6.45) is 3.71. The smallest absolute Gasteiger partial charge is 0.303 e. The maximum atomic E-state index is 10.6. The van der Waals surface area contributed by atoms with Crippen molar-refractivity contribution in [3.05, 3.63) is 59.9 Å². The van der Waals surface area contributed by atoms with Gasteiger partial charge in [0.05, 0.1) is 12.1 Å². The summed E-state index contributed by atoms with van der Waals surface area (Å²) in [7, 11) is 0. The molecule has 3 rings (SSSR count). The number of nitrogens with zero attached hydrogens (tertiary/aromatic N) is 4. The van der Waals surface area contributed by atoms with Crippen LogP contribution in [0.1, 0.15) is 19.8 Å². The average molecular weight is 411 g/mol. The number of hydrogen-bond acceptors (Lipinski definition) is 7. The highest BCUT2D eigenvalue weighted by Crippen LogP contribution is 2.22. The van der Waals surface area contributed by atoms with Crippen molar-refractivity contribution in [3.63, 3.8) is 0 Å². The van der Waals surface area contributed by atoms with E-state index in [1.807, 2.05) is 18.2 Å². The van der Waals surface area contributed by atoms with Gasteiger partial charge >= 0.3 is 5.97 Å². The van der Waals surface area contributed by atoms with Gasteiger partial charge in [-0.05, 0) is 49.7 Å². The lowest BCUT2D eigenvalue weighted by atomic mass is 10.2. The molecule has 3 N–H and O–H groups in total. The van der Waals surface area contributed by atoms with Crippen molar-refractivity contribution in [1.82, 2.24) is 15.0 Å². The molecular formula is C20H19ClN6O2. The van der Waals surface area contributed by atoms with Crippen LogP contribution in [-0.2, 0) is 4.79 Å². The lowest BCUT2D eigenvalue weighted by molar-refractivity contribution is -0.136. The van der Waals surface area contributed by atoms with E-state index in [2.05, 4.69) is 30.8 Å². The Morgan fingerprint density at radius 2 is 1.97 bits per heavy atom. The van der Waals surface area contributed by atoms with Crippen molar-refractivity contribution in [2.24, 2.45) is 5.10 Å². The van der Waals surface area contributed by atoms with Gasteiger partial charge in [0.15, 0.2) is 0 Å². The molecule has 0 bridgehead atoms. The van der Waals surface area contributed by atoms with Crippen LogP contribution in [0.5, 0.6) is 0 Å². The number of hydrazone groups is 1. The van der Waals surface area contributed by atoms with Crippen molar-refractivity contribution in [2.45, 2.75) is 19.8 Å². The Balaban J connectivity index is 1.73. The number of carbonyl (C=O) groups is 1. The highest BCUT2D eigenvalue weighted by Gasteiger charge is 2.05. The van der Waals surface area contributed by atoms with E-state index in [1.165, 1.54) is 0 Å². The molecule has 0 aliphatic rings. The molecule has 9 heteroatoms. The first-order chi connectivity index (χ1) is 14.0. The molecular weight excluding hydrogens is 392 g/mol. The Labute approximate surface area is 172 Å². The lowest BCUT2D eigenvalue weighted by Gasteiger charge is -2.08. The Hall–Kier alpha value is -3.52. The summed E-state index contributed by atoms with van der Waals surface area (Å²) in [5.74, 6) is 0.115. The molecule has 0 aliphatic heterocycles. The Bertz CT molecular complexity index is 1040.